The van der Waals surface area contributed by atoms with Gasteiger partial charge in [0.15, 0.2) is 5.78 Å². The van der Waals surface area contributed by atoms with E-state index in [1.54, 1.807) is 11.0 Å². The van der Waals surface area contributed by atoms with E-state index in [2.05, 4.69) is 0 Å². The minimum atomic E-state index is -1.43. The molecular formula is C13H19NO3S2. The van der Waals surface area contributed by atoms with Crippen molar-refractivity contribution >= 4 is 33.8 Å². The molecule has 19 heavy (non-hydrogen) atoms. The zero-order valence-electron chi connectivity index (χ0n) is 11.5. The summed E-state index contributed by atoms with van der Waals surface area (Å²) in [5, 5.41) is 0. The maximum atomic E-state index is 11.9. The van der Waals surface area contributed by atoms with E-state index in [4.69, 9.17) is 0 Å². The molecule has 1 rings (SSSR count). The number of nitrogens with zero attached hydrogens (tertiary/aromatic N) is 1. The summed E-state index contributed by atoms with van der Waals surface area (Å²) in [5.74, 6) is -0.452. The Hall–Kier alpha value is -1.01. The van der Waals surface area contributed by atoms with Gasteiger partial charge in [-0.2, -0.15) is 0 Å². The first-order valence-electron chi connectivity index (χ1n) is 6.20. The lowest BCUT2D eigenvalue weighted by atomic mass is 10.3. The highest BCUT2D eigenvalue weighted by Gasteiger charge is 2.17. The SMILES string of the molecule is CCN(CC)C(=O)CS(=O)CC(=O)c1ccc(C)s1. The average molecular weight is 301 g/mol. The molecule has 1 unspecified atom stereocenters. The summed E-state index contributed by atoms with van der Waals surface area (Å²) in [5.41, 5.74) is 0. The molecule has 0 radical (unpaired) electrons. The lowest BCUT2D eigenvalue weighted by Crippen LogP contribution is -2.35. The molecule has 4 nitrogen and oxygen atoms in total. The summed E-state index contributed by atoms with van der Waals surface area (Å²) in [4.78, 5) is 26.9. The first-order valence-corrected chi connectivity index (χ1v) is 8.50. The molecule has 0 aromatic carbocycles. The van der Waals surface area contributed by atoms with Crippen molar-refractivity contribution < 1.29 is 13.8 Å². The number of thiophene rings is 1. The average Bonchev–Trinajstić information content (AvgIpc) is 2.77. The van der Waals surface area contributed by atoms with Crippen molar-refractivity contribution in [3.63, 3.8) is 0 Å². The molecule has 1 atom stereocenters. The van der Waals surface area contributed by atoms with Crippen molar-refractivity contribution in [2.75, 3.05) is 24.6 Å². The molecule has 0 fully saturated rings. The molecule has 1 aromatic rings. The van der Waals surface area contributed by atoms with Gasteiger partial charge >= 0.3 is 0 Å². The third-order valence-electron chi connectivity index (χ3n) is 2.71. The maximum absolute atomic E-state index is 11.9. The monoisotopic (exact) mass is 301 g/mol. The number of Topliss-reactive ketones (excluding diaryl/α,β-unsaturated/α-hetero) is 1. The minimum absolute atomic E-state index is 0.0716. The van der Waals surface area contributed by atoms with Crippen LogP contribution < -0.4 is 0 Å². The van der Waals surface area contributed by atoms with E-state index in [-0.39, 0.29) is 23.2 Å². The molecule has 1 amide bonds. The van der Waals surface area contributed by atoms with Gasteiger partial charge in [-0.1, -0.05) is 0 Å². The van der Waals surface area contributed by atoms with E-state index in [0.29, 0.717) is 18.0 Å². The van der Waals surface area contributed by atoms with E-state index >= 15 is 0 Å². The molecule has 0 bridgehead atoms. The van der Waals surface area contributed by atoms with Crippen LogP contribution in [0.4, 0.5) is 0 Å². The number of aryl methyl sites for hydroxylation is 1. The molecule has 0 spiro atoms. The molecule has 0 saturated carbocycles. The lowest BCUT2D eigenvalue weighted by Gasteiger charge is -2.17. The van der Waals surface area contributed by atoms with Crippen molar-refractivity contribution in [1.29, 1.82) is 0 Å². The number of rotatable bonds is 7. The Morgan fingerprint density at radius 1 is 1.21 bits per heavy atom. The van der Waals surface area contributed by atoms with Crippen LogP contribution in [0.15, 0.2) is 12.1 Å². The van der Waals surface area contributed by atoms with Crippen molar-refractivity contribution in [2.45, 2.75) is 20.8 Å². The molecule has 0 saturated heterocycles. The van der Waals surface area contributed by atoms with Gasteiger partial charge < -0.3 is 4.90 Å². The van der Waals surface area contributed by atoms with Crippen molar-refractivity contribution in [3.05, 3.63) is 21.9 Å². The zero-order chi connectivity index (χ0) is 14.4. The van der Waals surface area contributed by atoms with Crippen LogP contribution in [-0.2, 0) is 15.6 Å². The quantitative estimate of drug-likeness (QED) is 0.722. The Morgan fingerprint density at radius 2 is 1.84 bits per heavy atom. The summed E-state index contributed by atoms with van der Waals surface area (Å²) < 4.78 is 11.8. The van der Waals surface area contributed by atoms with Gasteiger partial charge in [0.05, 0.1) is 10.6 Å². The molecule has 1 heterocycles. The summed E-state index contributed by atoms with van der Waals surface area (Å²) in [7, 11) is -1.43. The Labute approximate surface area is 120 Å². The van der Waals surface area contributed by atoms with E-state index in [1.807, 2.05) is 26.8 Å². The van der Waals surface area contributed by atoms with Crippen LogP contribution in [0.2, 0.25) is 0 Å². The highest BCUT2D eigenvalue weighted by Crippen LogP contribution is 2.15. The van der Waals surface area contributed by atoms with Crippen LogP contribution in [0.25, 0.3) is 0 Å². The standard InChI is InChI=1S/C13H19NO3S2/c1-4-14(5-2)13(16)9-19(17)8-11(15)12-7-6-10(3)18-12/h6-7H,4-5,8-9H2,1-3H3. The highest BCUT2D eigenvalue weighted by atomic mass is 32.2. The van der Waals surface area contributed by atoms with Gasteiger partial charge in [0.25, 0.3) is 0 Å². The molecule has 1 aromatic heterocycles. The second-order valence-electron chi connectivity index (χ2n) is 4.13. The van der Waals surface area contributed by atoms with E-state index in [0.717, 1.165) is 4.88 Å². The van der Waals surface area contributed by atoms with Crippen molar-refractivity contribution in [2.24, 2.45) is 0 Å². The number of amides is 1. The van der Waals surface area contributed by atoms with Gasteiger partial charge in [-0.3, -0.25) is 13.8 Å². The Kier molecular flexibility index (Phi) is 6.37. The fourth-order valence-electron chi connectivity index (χ4n) is 1.66. The largest absolute Gasteiger partial charge is 0.342 e. The second kappa shape index (κ2) is 7.55. The van der Waals surface area contributed by atoms with Crippen LogP contribution in [-0.4, -0.2) is 45.4 Å². The van der Waals surface area contributed by atoms with Gasteiger partial charge in [-0.05, 0) is 32.9 Å². The number of carbonyl (C=O) groups is 2. The highest BCUT2D eigenvalue weighted by molar-refractivity contribution is 7.86. The van der Waals surface area contributed by atoms with E-state index in [9.17, 15) is 13.8 Å². The van der Waals surface area contributed by atoms with Crippen molar-refractivity contribution in [1.82, 2.24) is 4.90 Å². The topological polar surface area (TPSA) is 54.5 Å². The molecule has 0 N–H and O–H groups in total. The van der Waals surface area contributed by atoms with Crippen LogP contribution >= 0.6 is 11.3 Å². The smallest absolute Gasteiger partial charge is 0.235 e. The van der Waals surface area contributed by atoms with Crippen LogP contribution in [0, 0.1) is 6.92 Å². The molecule has 6 heteroatoms. The maximum Gasteiger partial charge on any atom is 0.235 e. The summed E-state index contributed by atoms with van der Waals surface area (Å²) in [6.45, 7) is 6.88. The summed E-state index contributed by atoms with van der Waals surface area (Å²) in [6.07, 6.45) is 0. The number of hydrogen-bond acceptors (Lipinski definition) is 4. The Morgan fingerprint density at radius 3 is 2.32 bits per heavy atom. The summed E-state index contributed by atoms with van der Waals surface area (Å²) in [6, 6.07) is 3.60. The minimum Gasteiger partial charge on any atom is -0.342 e. The third kappa shape index (κ3) is 4.87. The molecule has 0 aliphatic heterocycles. The van der Waals surface area contributed by atoms with Crippen LogP contribution in [0.3, 0.4) is 0 Å². The first-order chi connectivity index (χ1) is 8.97. The normalized spacial score (nSPS) is 12.2. The van der Waals surface area contributed by atoms with Crippen LogP contribution in [0.1, 0.15) is 28.4 Å². The summed E-state index contributed by atoms with van der Waals surface area (Å²) >= 11 is 1.39. The second-order valence-corrected chi connectivity index (χ2v) is 6.87. The van der Waals surface area contributed by atoms with Crippen molar-refractivity contribution in [3.8, 4) is 0 Å². The fraction of sp³-hybridized carbons (Fsp3) is 0.538. The van der Waals surface area contributed by atoms with Gasteiger partial charge in [0.2, 0.25) is 5.91 Å². The van der Waals surface area contributed by atoms with E-state index < -0.39 is 10.8 Å². The number of ketones is 1. The predicted octanol–water partition coefficient (Wildman–Crippen LogP) is 1.86. The molecular weight excluding hydrogens is 282 g/mol. The third-order valence-corrected chi connectivity index (χ3v) is 4.90. The molecule has 106 valence electrons. The van der Waals surface area contributed by atoms with Gasteiger partial charge in [0.1, 0.15) is 5.75 Å². The zero-order valence-corrected chi connectivity index (χ0v) is 13.1. The van der Waals surface area contributed by atoms with Gasteiger partial charge in [0, 0.05) is 28.8 Å². The fourth-order valence-corrected chi connectivity index (χ4v) is 3.56. The van der Waals surface area contributed by atoms with Gasteiger partial charge in [-0.25, -0.2) is 0 Å². The number of carbonyl (C=O) groups excluding carboxylic acids is 2. The molecule has 0 aliphatic carbocycles. The van der Waals surface area contributed by atoms with Gasteiger partial charge in [-0.15, -0.1) is 11.3 Å². The first kappa shape index (κ1) is 16.0. The number of hydrogen-bond donors (Lipinski definition) is 0. The predicted molar refractivity (Wildman–Crippen MR) is 79.2 cm³/mol. The Bertz CT molecular complexity index is 478. The van der Waals surface area contributed by atoms with Crippen LogP contribution in [0.5, 0.6) is 0 Å². The molecule has 0 aliphatic rings. The Balaban J connectivity index is 2.51. The van der Waals surface area contributed by atoms with E-state index in [1.165, 1.54) is 11.3 Å². The lowest BCUT2D eigenvalue weighted by molar-refractivity contribution is -0.128.